The molecule has 0 amide bonds. The number of unbranched alkanes of at least 4 members (excludes halogenated alkanes) is 38. The Labute approximate surface area is 604 Å². The number of allylic oxidation sites excluding steroid dienone is 8. The minimum Gasteiger partial charge on any atom is -0.462 e. The topological polar surface area (TPSA) is 237 Å². The van der Waals surface area contributed by atoms with Crippen molar-refractivity contribution in [2.24, 2.45) is 11.8 Å². The third-order valence-electron chi connectivity index (χ3n) is 17.8. The van der Waals surface area contributed by atoms with E-state index in [2.05, 4.69) is 90.2 Å². The van der Waals surface area contributed by atoms with Crippen LogP contribution in [0.15, 0.2) is 48.6 Å². The molecule has 0 spiro atoms. The first-order valence-electron chi connectivity index (χ1n) is 40.2. The number of hydrogen-bond donors (Lipinski definition) is 3. The van der Waals surface area contributed by atoms with Gasteiger partial charge in [-0.1, -0.05) is 315 Å². The molecule has 0 aliphatic rings. The summed E-state index contributed by atoms with van der Waals surface area (Å²) < 4.78 is 68.6. The lowest BCUT2D eigenvalue weighted by Gasteiger charge is -2.21. The fourth-order valence-electron chi connectivity index (χ4n) is 11.2. The van der Waals surface area contributed by atoms with Crippen LogP contribution in [-0.4, -0.2) is 96.7 Å². The Balaban J connectivity index is 5.31. The summed E-state index contributed by atoms with van der Waals surface area (Å²) in [6.07, 6.45) is 65.5. The molecule has 3 unspecified atom stereocenters. The molecule has 3 N–H and O–H groups in total. The molecule has 19 heteroatoms. The van der Waals surface area contributed by atoms with E-state index in [-0.39, 0.29) is 25.7 Å². The van der Waals surface area contributed by atoms with E-state index in [1.807, 2.05) is 0 Å². The minimum atomic E-state index is -4.97. The van der Waals surface area contributed by atoms with Crippen molar-refractivity contribution in [1.29, 1.82) is 0 Å². The van der Waals surface area contributed by atoms with Crippen LogP contribution in [-0.2, 0) is 65.4 Å². The second-order valence-corrected chi connectivity index (χ2v) is 31.1. The first-order valence-corrected chi connectivity index (χ1v) is 43.2. The highest BCUT2D eigenvalue weighted by Crippen LogP contribution is 2.45. The zero-order valence-corrected chi connectivity index (χ0v) is 65.6. The molecule has 0 radical (unpaired) electrons. The molecule has 0 fully saturated rings. The molecule has 0 aromatic carbocycles. The highest BCUT2D eigenvalue weighted by Gasteiger charge is 2.30. The van der Waals surface area contributed by atoms with Crippen molar-refractivity contribution in [2.45, 2.75) is 387 Å². The van der Waals surface area contributed by atoms with E-state index < -0.39 is 97.5 Å². The van der Waals surface area contributed by atoms with E-state index in [1.54, 1.807) is 0 Å². The van der Waals surface area contributed by atoms with Gasteiger partial charge >= 0.3 is 39.5 Å². The Morgan fingerprint density at radius 3 is 0.899 bits per heavy atom. The highest BCUT2D eigenvalue weighted by atomic mass is 31.2. The third-order valence-corrected chi connectivity index (χ3v) is 19.7. The van der Waals surface area contributed by atoms with Gasteiger partial charge in [0.2, 0.25) is 0 Å². The molecule has 0 bridgehead atoms. The van der Waals surface area contributed by atoms with Crippen LogP contribution in [0.5, 0.6) is 0 Å². The zero-order valence-electron chi connectivity index (χ0n) is 63.8. The number of rotatable bonds is 75. The molecule has 0 aliphatic heterocycles. The summed E-state index contributed by atoms with van der Waals surface area (Å²) in [6.45, 7) is 9.47. The van der Waals surface area contributed by atoms with Crippen LogP contribution in [0.3, 0.4) is 0 Å². The SMILES string of the molecule is CCCCCC/C=C\C=C/CCCCCCCC(=O)OC[C@H](COP(=O)(O)OC[C@@H](O)COP(=O)(O)OC[C@@H](COC(=O)CCCCCCCCC(C)CC)OC(=O)CCCCCCC/C=C\C=C/CCCCCC)OC(=O)CCCCCCCCCCCCCCCCCCC(C)C. The number of carbonyl (C=O) groups is 4. The summed E-state index contributed by atoms with van der Waals surface area (Å²) in [7, 11) is -9.94. The average Bonchev–Trinajstić information content (AvgIpc) is 1.03. The molecule has 0 rings (SSSR count). The summed E-state index contributed by atoms with van der Waals surface area (Å²) in [6, 6.07) is 0. The van der Waals surface area contributed by atoms with Gasteiger partial charge in [0, 0.05) is 25.7 Å². The van der Waals surface area contributed by atoms with Crippen LogP contribution in [0.1, 0.15) is 369 Å². The van der Waals surface area contributed by atoms with Crippen LogP contribution in [0.25, 0.3) is 0 Å². The molecular weight excluding hydrogens is 1290 g/mol. The Morgan fingerprint density at radius 2 is 0.596 bits per heavy atom. The number of aliphatic hydroxyl groups excluding tert-OH is 1. The van der Waals surface area contributed by atoms with E-state index in [1.165, 1.54) is 148 Å². The van der Waals surface area contributed by atoms with Gasteiger partial charge in [0.25, 0.3) is 0 Å². The van der Waals surface area contributed by atoms with Crippen LogP contribution < -0.4 is 0 Å². The summed E-state index contributed by atoms with van der Waals surface area (Å²) >= 11 is 0. The van der Waals surface area contributed by atoms with E-state index in [0.717, 1.165) is 140 Å². The van der Waals surface area contributed by atoms with Gasteiger partial charge in [-0.3, -0.25) is 37.3 Å². The Morgan fingerprint density at radius 1 is 0.333 bits per heavy atom. The standard InChI is InChI=1S/C80H148O17P2/c1-7-10-12-14-16-18-20-22-26-31-35-39-43-50-56-62-77(82)90-68-75(96-79(84)64-59-53-45-41-37-33-29-25-24-28-30-34-38-42-48-54-60-72(4)5)70-94-98(86,87)92-66-74(81)67-93-99(88,89)95-71-76(69-91-78(83)63-57-51-47-46-49-55-61-73(6)9-3)97-80(85)65-58-52-44-40-36-32-27-23-21-19-17-15-13-11-8-2/h18-23,26-27,72-76,81H,7-17,24-25,28-71H2,1-6H3,(H,86,87)(H,88,89)/b20-18-,21-19-,26-22-,27-23-/t73?,74-,75-,76-/m1/s1. The maximum atomic E-state index is 13.1. The average molecular weight is 1440 g/mol. The maximum Gasteiger partial charge on any atom is 0.472 e. The van der Waals surface area contributed by atoms with Crippen LogP contribution in [0.2, 0.25) is 0 Å². The highest BCUT2D eigenvalue weighted by molar-refractivity contribution is 7.47. The maximum absolute atomic E-state index is 13.1. The molecule has 0 aromatic rings. The Bertz CT molecular complexity index is 2100. The van der Waals surface area contributed by atoms with Crippen molar-refractivity contribution in [3.63, 3.8) is 0 Å². The number of aliphatic hydroxyl groups is 1. The predicted octanol–water partition coefficient (Wildman–Crippen LogP) is 23.0. The van der Waals surface area contributed by atoms with E-state index in [9.17, 15) is 43.2 Å². The van der Waals surface area contributed by atoms with E-state index in [0.29, 0.717) is 25.7 Å². The van der Waals surface area contributed by atoms with E-state index in [4.69, 9.17) is 37.0 Å². The largest absolute Gasteiger partial charge is 0.472 e. The van der Waals surface area contributed by atoms with Crippen molar-refractivity contribution < 1.29 is 80.2 Å². The van der Waals surface area contributed by atoms with Crippen molar-refractivity contribution in [3.8, 4) is 0 Å². The lowest BCUT2D eigenvalue weighted by atomic mass is 10.00. The van der Waals surface area contributed by atoms with Gasteiger partial charge in [-0.2, -0.15) is 0 Å². The molecule has 6 atom stereocenters. The van der Waals surface area contributed by atoms with Gasteiger partial charge in [-0.25, -0.2) is 9.13 Å². The van der Waals surface area contributed by atoms with E-state index >= 15 is 0 Å². The summed E-state index contributed by atoms with van der Waals surface area (Å²) in [5.41, 5.74) is 0. The van der Waals surface area contributed by atoms with Crippen LogP contribution >= 0.6 is 15.6 Å². The fraction of sp³-hybridized carbons (Fsp3) is 0.850. The van der Waals surface area contributed by atoms with Crippen molar-refractivity contribution >= 4 is 39.5 Å². The normalized spacial score (nSPS) is 14.5. The third kappa shape index (κ3) is 71.8. The van der Waals surface area contributed by atoms with Gasteiger partial charge in [0.05, 0.1) is 26.4 Å². The van der Waals surface area contributed by atoms with Gasteiger partial charge < -0.3 is 33.8 Å². The predicted molar refractivity (Wildman–Crippen MR) is 404 cm³/mol. The second-order valence-electron chi connectivity index (χ2n) is 28.2. The van der Waals surface area contributed by atoms with Crippen molar-refractivity contribution in [3.05, 3.63) is 48.6 Å². The van der Waals surface area contributed by atoms with Gasteiger partial charge in [-0.05, 0) is 88.9 Å². The number of carbonyl (C=O) groups excluding carboxylic acids is 4. The van der Waals surface area contributed by atoms with Crippen LogP contribution in [0, 0.1) is 11.8 Å². The first kappa shape index (κ1) is 96.0. The lowest BCUT2D eigenvalue weighted by Crippen LogP contribution is -2.30. The first-order chi connectivity index (χ1) is 47.9. The number of phosphoric ester groups is 2. The smallest absolute Gasteiger partial charge is 0.462 e. The molecule has 17 nitrogen and oxygen atoms in total. The molecular formula is C80H148O17P2. The molecule has 0 saturated heterocycles. The van der Waals surface area contributed by atoms with Crippen molar-refractivity contribution in [2.75, 3.05) is 39.6 Å². The fourth-order valence-corrected chi connectivity index (χ4v) is 12.8. The second kappa shape index (κ2) is 70.7. The molecule has 0 heterocycles. The molecule has 0 saturated carbocycles. The van der Waals surface area contributed by atoms with Gasteiger partial charge in [0.15, 0.2) is 12.2 Å². The molecule has 0 aliphatic carbocycles. The summed E-state index contributed by atoms with van der Waals surface area (Å²) in [5, 5.41) is 10.6. The molecule has 99 heavy (non-hydrogen) atoms. The summed E-state index contributed by atoms with van der Waals surface area (Å²) in [5.74, 6) is -0.641. The Hall–Kier alpha value is -2.98. The van der Waals surface area contributed by atoms with Crippen molar-refractivity contribution in [1.82, 2.24) is 0 Å². The molecule has 0 aromatic heterocycles. The zero-order chi connectivity index (χ0) is 72.8. The number of ether oxygens (including phenoxy) is 4. The van der Waals surface area contributed by atoms with Gasteiger partial charge in [0.1, 0.15) is 19.3 Å². The number of phosphoric acid groups is 2. The van der Waals surface area contributed by atoms with Crippen LogP contribution in [0.4, 0.5) is 0 Å². The monoisotopic (exact) mass is 1440 g/mol. The Kier molecular flexibility index (Phi) is 68.5. The minimum absolute atomic E-state index is 0.0818. The molecule has 580 valence electrons. The van der Waals surface area contributed by atoms with Gasteiger partial charge in [-0.15, -0.1) is 0 Å². The lowest BCUT2D eigenvalue weighted by molar-refractivity contribution is -0.161. The summed E-state index contributed by atoms with van der Waals surface area (Å²) in [4.78, 5) is 72.9. The quantitative estimate of drug-likeness (QED) is 0.0169. The number of esters is 4. The number of hydrogen-bond acceptors (Lipinski definition) is 15.